The number of aryl methyl sites for hydroxylation is 2. The molecule has 6 nitrogen and oxygen atoms in total. The lowest BCUT2D eigenvalue weighted by Gasteiger charge is -2.09. The summed E-state index contributed by atoms with van der Waals surface area (Å²) in [6.07, 6.45) is 2.69. The summed E-state index contributed by atoms with van der Waals surface area (Å²) in [7, 11) is 4.64. The number of phenols is 1. The van der Waals surface area contributed by atoms with Crippen molar-refractivity contribution in [3.63, 3.8) is 0 Å². The van der Waals surface area contributed by atoms with Gasteiger partial charge in [0.15, 0.2) is 34.6 Å². The maximum Gasteiger partial charge on any atom is 0.163 e. The molecule has 2 aromatic rings. The lowest BCUT2D eigenvalue weighted by Crippen LogP contribution is -1.96. The molecule has 2 aliphatic rings. The van der Waals surface area contributed by atoms with Crippen LogP contribution in [-0.2, 0) is 12.8 Å². The van der Waals surface area contributed by atoms with Crippen LogP contribution in [0.1, 0.15) is 44.7 Å². The number of ether oxygens (including phenoxy) is 3. The molecular formula is C21H22O6. The molecule has 0 radical (unpaired) electrons. The molecule has 1 N–H and O–H groups in total. The monoisotopic (exact) mass is 370 g/mol. The molecule has 0 spiro atoms. The quantitative estimate of drug-likeness (QED) is 0.892. The number of methoxy groups -OCH3 is 3. The van der Waals surface area contributed by atoms with Gasteiger partial charge in [-0.1, -0.05) is 0 Å². The molecule has 0 unspecified atom stereocenters. The second kappa shape index (κ2) is 7.70. The Morgan fingerprint density at radius 2 is 1.11 bits per heavy atom. The second-order valence-corrected chi connectivity index (χ2v) is 6.39. The van der Waals surface area contributed by atoms with E-state index in [0.717, 1.165) is 29.5 Å². The summed E-state index contributed by atoms with van der Waals surface area (Å²) in [6.45, 7) is 0. The van der Waals surface area contributed by atoms with E-state index in [1.807, 2.05) is 6.07 Å². The predicted octanol–water partition coefficient (Wildman–Crippen LogP) is 3.36. The van der Waals surface area contributed by atoms with Crippen molar-refractivity contribution in [1.82, 2.24) is 0 Å². The van der Waals surface area contributed by atoms with E-state index in [4.69, 9.17) is 14.2 Å². The maximum absolute atomic E-state index is 11.4. The molecule has 0 bridgehead atoms. The van der Waals surface area contributed by atoms with Crippen molar-refractivity contribution in [1.29, 1.82) is 0 Å². The number of hydrogen-bond acceptors (Lipinski definition) is 6. The van der Waals surface area contributed by atoms with Gasteiger partial charge >= 0.3 is 0 Å². The summed E-state index contributed by atoms with van der Waals surface area (Å²) < 4.78 is 15.2. The van der Waals surface area contributed by atoms with Gasteiger partial charge in [-0.3, -0.25) is 9.59 Å². The molecule has 27 heavy (non-hydrogen) atoms. The minimum absolute atomic E-state index is 0.107. The van der Waals surface area contributed by atoms with Gasteiger partial charge in [-0.25, -0.2) is 0 Å². The number of phenolic OH excluding ortho intramolecular Hbond substituents is 1. The van der Waals surface area contributed by atoms with Crippen molar-refractivity contribution in [2.75, 3.05) is 21.3 Å². The van der Waals surface area contributed by atoms with Gasteiger partial charge in [0.25, 0.3) is 0 Å². The van der Waals surface area contributed by atoms with Gasteiger partial charge in [0.05, 0.1) is 21.3 Å². The molecule has 0 fully saturated rings. The first-order chi connectivity index (χ1) is 13.0. The van der Waals surface area contributed by atoms with E-state index in [9.17, 15) is 14.7 Å². The number of fused-ring (bicyclic) bond motifs is 2. The van der Waals surface area contributed by atoms with Crippen LogP contribution in [-0.4, -0.2) is 38.0 Å². The SMILES string of the molecule is COc1cc2c(cc1O)CCC2=O.COc1cc2c(cc1OC)C(=O)CC2. The van der Waals surface area contributed by atoms with Crippen LogP contribution in [0.3, 0.4) is 0 Å². The summed E-state index contributed by atoms with van der Waals surface area (Å²) in [4.78, 5) is 22.7. The van der Waals surface area contributed by atoms with E-state index in [2.05, 4.69) is 0 Å². The largest absolute Gasteiger partial charge is 0.504 e. The molecule has 0 saturated heterocycles. The van der Waals surface area contributed by atoms with Crippen LogP contribution in [0.2, 0.25) is 0 Å². The van der Waals surface area contributed by atoms with Crippen LogP contribution in [0.15, 0.2) is 24.3 Å². The van der Waals surface area contributed by atoms with Gasteiger partial charge in [-0.2, -0.15) is 0 Å². The number of carbonyl (C=O) groups is 2. The highest BCUT2D eigenvalue weighted by molar-refractivity contribution is 6.01. The van der Waals surface area contributed by atoms with E-state index in [1.165, 1.54) is 7.11 Å². The van der Waals surface area contributed by atoms with Crippen molar-refractivity contribution in [3.8, 4) is 23.0 Å². The molecular weight excluding hydrogens is 348 g/mol. The van der Waals surface area contributed by atoms with Gasteiger partial charge in [0.1, 0.15) is 0 Å². The zero-order chi connectivity index (χ0) is 19.6. The Bertz CT molecular complexity index is 900. The third-order valence-electron chi connectivity index (χ3n) is 4.86. The summed E-state index contributed by atoms with van der Waals surface area (Å²) in [5, 5.41) is 9.42. The fraction of sp³-hybridized carbons (Fsp3) is 0.333. The Hall–Kier alpha value is -3.02. The van der Waals surface area contributed by atoms with Crippen LogP contribution in [0, 0.1) is 0 Å². The number of rotatable bonds is 3. The zero-order valence-electron chi connectivity index (χ0n) is 15.6. The van der Waals surface area contributed by atoms with Gasteiger partial charge in [-0.15, -0.1) is 0 Å². The predicted molar refractivity (Wildman–Crippen MR) is 99.5 cm³/mol. The lowest BCUT2D eigenvalue weighted by molar-refractivity contribution is 0.0986. The Labute approximate surface area is 157 Å². The maximum atomic E-state index is 11.4. The van der Waals surface area contributed by atoms with Gasteiger partial charge < -0.3 is 19.3 Å². The molecule has 2 aromatic carbocycles. The van der Waals surface area contributed by atoms with Crippen molar-refractivity contribution in [3.05, 3.63) is 46.5 Å². The number of aromatic hydroxyl groups is 1. The minimum atomic E-state index is 0.107. The van der Waals surface area contributed by atoms with E-state index in [-0.39, 0.29) is 17.3 Å². The van der Waals surface area contributed by atoms with E-state index in [1.54, 1.807) is 32.4 Å². The van der Waals surface area contributed by atoms with Crippen LogP contribution in [0.5, 0.6) is 23.0 Å². The third kappa shape index (κ3) is 3.60. The summed E-state index contributed by atoms with van der Waals surface area (Å²) >= 11 is 0. The van der Waals surface area contributed by atoms with Crippen molar-refractivity contribution >= 4 is 11.6 Å². The molecule has 0 aliphatic heterocycles. The lowest BCUT2D eigenvalue weighted by atomic mass is 10.1. The van der Waals surface area contributed by atoms with Gasteiger partial charge in [0.2, 0.25) is 0 Å². The first-order valence-electron chi connectivity index (χ1n) is 8.69. The molecule has 0 atom stereocenters. The Kier molecular flexibility index (Phi) is 5.35. The first kappa shape index (κ1) is 18.8. The minimum Gasteiger partial charge on any atom is -0.504 e. The van der Waals surface area contributed by atoms with E-state index in [0.29, 0.717) is 35.7 Å². The average molecular weight is 370 g/mol. The van der Waals surface area contributed by atoms with Crippen molar-refractivity contribution in [2.24, 2.45) is 0 Å². The van der Waals surface area contributed by atoms with Gasteiger partial charge in [-0.05, 0) is 48.2 Å². The van der Waals surface area contributed by atoms with E-state index < -0.39 is 0 Å². The molecule has 142 valence electrons. The van der Waals surface area contributed by atoms with Gasteiger partial charge in [0, 0.05) is 24.0 Å². The van der Waals surface area contributed by atoms with E-state index >= 15 is 0 Å². The van der Waals surface area contributed by atoms with Crippen LogP contribution in [0.25, 0.3) is 0 Å². The number of benzene rings is 2. The van der Waals surface area contributed by atoms with Crippen LogP contribution in [0.4, 0.5) is 0 Å². The topological polar surface area (TPSA) is 82.1 Å². The smallest absolute Gasteiger partial charge is 0.163 e. The summed E-state index contributed by atoms with van der Waals surface area (Å²) in [6, 6.07) is 6.88. The fourth-order valence-corrected chi connectivity index (χ4v) is 3.39. The molecule has 4 rings (SSSR count). The standard InChI is InChI=1S/C11H12O3.C10H10O3/c1-13-10-5-7-3-4-9(12)8(7)6-11(10)14-2;1-13-10-5-7-6(4-9(10)12)2-3-8(7)11/h5-6H,3-4H2,1-2H3;4-5,12H,2-3H2,1H3. The molecule has 2 aliphatic carbocycles. The first-order valence-corrected chi connectivity index (χ1v) is 8.69. The normalized spacial score (nSPS) is 14.2. The number of ketones is 2. The van der Waals surface area contributed by atoms with Crippen LogP contribution >= 0.6 is 0 Å². The number of carbonyl (C=O) groups excluding carboxylic acids is 2. The molecule has 0 aromatic heterocycles. The molecule has 6 heteroatoms. The Morgan fingerprint density at radius 3 is 1.63 bits per heavy atom. The second-order valence-electron chi connectivity index (χ2n) is 6.39. The summed E-state index contributed by atoms with van der Waals surface area (Å²) in [5.74, 6) is 2.13. The highest BCUT2D eigenvalue weighted by Crippen LogP contribution is 2.35. The van der Waals surface area contributed by atoms with Crippen molar-refractivity contribution < 1.29 is 28.9 Å². The molecule has 0 heterocycles. The Balaban J connectivity index is 0.000000156. The Morgan fingerprint density at radius 1 is 0.667 bits per heavy atom. The molecule has 0 amide bonds. The number of hydrogen-bond donors (Lipinski definition) is 1. The van der Waals surface area contributed by atoms with Crippen LogP contribution < -0.4 is 14.2 Å². The average Bonchev–Trinajstić information content (AvgIpc) is 3.22. The summed E-state index contributed by atoms with van der Waals surface area (Å²) in [5.41, 5.74) is 3.45. The number of Topliss-reactive ketones (excluding diaryl/α,β-unsaturated/α-hetero) is 2. The highest BCUT2D eigenvalue weighted by Gasteiger charge is 2.22. The molecule has 0 saturated carbocycles. The third-order valence-corrected chi connectivity index (χ3v) is 4.86. The zero-order valence-corrected chi connectivity index (χ0v) is 15.6. The van der Waals surface area contributed by atoms with Crippen molar-refractivity contribution in [2.45, 2.75) is 25.7 Å². The fourth-order valence-electron chi connectivity index (χ4n) is 3.39. The highest BCUT2D eigenvalue weighted by atomic mass is 16.5.